The SMILES string of the molecule is Cc1ccccc1C(=O)NCC(=O)Nc1cccc(N2CCCC2=O)c1. The first-order chi connectivity index (χ1) is 12.5. The lowest BCUT2D eigenvalue weighted by Crippen LogP contribution is -2.33. The highest BCUT2D eigenvalue weighted by Gasteiger charge is 2.21. The summed E-state index contributed by atoms with van der Waals surface area (Å²) in [7, 11) is 0. The Bertz CT molecular complexity index is 848. The molecule has 0 spiro atoms. The van der Waals surface area contributed by atoms with E-state index < -0.39 is 0 Å². The first kappa shape index (κ1) is 17.7. The van der Waals surface area contributed by atoms with Crippen molar-refractivity contribution in [3.8, 4) is 0 Å². The Labute approximate surface area is 152 Å². The Morgan fingerprint density at radius 3 is 2.65 bits per heavy atom. The molecule has 0 bridgehead atoms. The van der Waals surface area contributed by atoms with E-state index in [1.54, 1.807) is 35.2 Å². The van der Waals surface area contributed by atoms with Crippen LogP contribution in [0, 0.1) is 6.92 Å². The minimum absolute atomic E-state index is 0.0963. The van der Waals surface area contributed by atoms with E-state index in [9.17, 15) is 14.4 Å². The zero-order valence-corrected chi connectivity index (χ0v) is 14.6. The van der Waals surface area contributed by atoms with Gasteiger partial charge in [-0.15, -0.1) is 0 Å². The molecular weight excluding hydrogens is 330 g/mol. The lowest BCUT2D eigenvalue weighted by molar-refractivity contribution is -0.117. The predicted molar refractivity (Wildman–Crippen MR) is 100 cm³/mol. The van der Waals surface area contributed by atoms with Crippen LogP contribution >= 0.6 is 0 Å². The Morgan fingerprint density at radius 2 is 1.92 bits per heavy atom. The van der Waals surface area contributed by atoms with Crippen LogP contribution in [-0.2, 0) is 9.59 Å². The summed E-state index contributed by atoms with van der Waals surface area (Å²) < 4.78 is 0. The average molecular weight is 351 g/mol. The second-order valence-corrected chi connectivity index (χ2v) is 6.25. The Kier molecular flexibility index (Phi) is 5.31. The van der Waals surface area contributed by atoms with Gasteiger partial charge in [-0.05, 0) is 43.2 Å². The predicted octanol–water partition coefficient (Wildman–Crippen LogP) is 2.49. The van der Waals surface area contributed by atoms with E-state index in [0.29, 0.717) is 24.2 Å². The van der Waals surface area contributed by atoms with Crippen LogP contribution in [0.2, 0.25) is 0 Å². The largest absolute Gasteiger partial charge is 0.343 e. The highest BCUT2D eigenvalue weighted by atomic mass is 16.2. The summed E-state index contributed by atoms with van der Waals surface area (Å²) in [6, 6.07) is 14.4. The van der Waals surface area contributed by atoms with E-state index in [0.717, 1.165) is 17.7 Å². The number of hydrogen-bond acceptors (Lipinski definition) is 3. The molecule has 1 aliphatic rings. The molecule has 26 heavy (non-hydrogen) atoms. The molecule has 2 aromatic carbocycles. The van der Waals surface area contributed by atoms with Gasteiger partial charge in [0.25, 0.3) is 5.91 Å². The maximum absolute atomic E-state index is 12.2. The second-order valence-electron chi connectivity index (χ2n) is 6.25. The maximum atomic E-state index is 12.2. The average Bonchev–Trinajstić information content (AvgIpc) is 3.06. The molecule has 0 aromatic heterocycles. The first-order valence-corrected chi connectivity index (χ1v) is 8.59. The number of nitrogens with zero attached hydrogens (tertiary/aromatic N) is 1. The van der Waals surface area contributed by atoms with Crippen molar-refractivity contribution in [3.05, 3.63) is 59.7 Å². The van der Waals surface area contributed by atoms with Crippen molar-refractivity contribution in [2.24, 2.45) is 0 Å². The lowest BCUT2D eigenvalue weighted by Gasteiger charge is -2.17. The zero-order valence-electron chi connectivity index (χ0n) is 14.6. The third-order valence-electron chi connectivity index (χ3n) is 4.31. The van der Waals surface area contributed by atoms with Gasteiger partial charge in [-0.3, -0.25) is 14.4 Å². The van der Waals surface area contributed by atoms with E-state index in [4.69, 9.17) is 0 Å². The number of benzene rings is 2. The van der Waals surface area contributed by atoms with Crippen molar-refractivity contribution >= 4 is 29.1 Å². The van der Waals surface area contributed by atoms with Crippen LogP contribution in [0.1, 0.15) is 28.8 Å². The van der Waals surface area contributed by atoms with Gasteiger partial charge in [0.05, 0.1) is 6.54 Å². The molecule has 1 heterocycles. The van der Waals surface area contributed by atoms with E-state index in [2.05, 4.69) is 10.6 Å². The monoisotopic (exact) mass is 351 g/mol. The van der Waals surface area contributed by atoms with E-state index in [1.165, 1.54) is 0 Å². The molecule has 6 heteroatoms. The third kappa shape index (κ3) is 4.08. The summed E-state index contributed by atoms with van der Waals surface area (Å²) >= 11 is 0. The molecule has 3 amide bonds. The fourth-order valence-electron chi connectivity index (χ4n) is 2.96. The molecule has 134 valence electrons. The first-order valence-electron chi connectivity index (χ1n) is 8.59. The highest BCUT2D eigenvalue weighted by Crippen LogP contribution is 2.24. The number of rotatable bonds is 5. The fourth-order valence-corrected chi connectivity index (χ4v) is 2.96. The molecule has 1 aliphatic heterocycles. The molecule has 0 radical (unpaired) electrons. The smallest absolute Gasteiger partial charge is 0.251 e. The van der Waals surface area contributed by atoms with E-state index >= 15 is 0 Å². The van der Waals surface area contributed by atoms with Gasteiger partial charge >= 0.3 is 0 Å². The number of nitrogens with one attached hydrogen (secondary N) is 2. The summed E-state index contributed by atoms with van der Waals surface area (Å²) in [5.41, 5.74) is 2.77. The Hall–Kier alpha value is -3.15. The summed E-state index contributed by atoms with van der Waals surface area (Å²) in [5.74, 6) is -0.509. The van der Waals surface area contributed by atoms with Crippen LogP contribution in [0.15, 0.2) is 48.5 Å². The third-order valence-corrected chi connectivity index (χ3v) is 4.31. The van der Waals surface area contributed by atoms with Gasteiger partial charge in [-0.2, -0.15) is 0 Å². The van der Waals surface area contributed by atoms with Gasteiger partial charge < -0.3 is 15.5 Å². The van der Waals surface area contributed by atoms with Gasteiger partial charge in [-0.25, -0.2) is 0 Å². The molecule has 0 aliphatic carbocycles. The van der Waals surface area contributed by atoms with Crippen molar-refractivity contribution in [3.63, 3.8) is 0 Å². The zero-order chi connectivity index (χ0) is 18.5. The van der Waals surface area contributed by atoms with Crippen LogP contribution in [0.5, 0.6) is 0 Å². The van der Waals surface area contributed by atoms with Gasteiger partial charge in [-0.1, -0.05) is 24.3 Å². The van der Waals surface area contributed by atoms with Crippen LogP contribution in [0.3, 0.4) is 0 Å². The number of amides is 3. The number of hydrogen-bond donors (Lipinski definition) is 2. The minimum Gasteiger partial charge on any atom is -0.343 e. The Balaban J connectivity index is 1.57. The van der Waals surface area contributed by atoms with Crippen molar-refractivity contribution in [2.45, 2.75) is 19.8 Å². The van der Waals surface area contributed by atoms with Crippen LogP contribution in [-0.4, -0.2) is 30.8 Å². The van der Waals surface area contributed by atoms with Gasteiger partial charge in [0.15, 0.2) is 0 Å². The molecule has 1 saturated heterocycles. The minimum atomic E-state index is -0.322. The topological polar surface area (TPSA) is 78.5 Å². The van der Waals surface area contributed by atoms with E-state index in [-0.39, 0.29) is 24.3 Å². The summed E-state index contributed by atoms with van der Waals surface area (Å²) in [6.45, 7) is 2.42. The quantitative estimate of drug-likeness (QED) is 0.869. The Morgan fingerprint density at radius 1 is 1.12 bits per heavy atom. The molecule has 6 nitrogen and oxygen atoms in total. The molecule has 0 unspecified atom stereocenters. The maximum Gasteiger partial charge on any atom is 0.251 e. The molecule has 2 N–H and O–H groups in total. The van der Waals surface area contributed by atoms with Gasteiger partial charge in [0, 0.05) is 29.9 Å². The van der Waals surface area contributed by atoms with Crippen LogP contribution < -0.4 is 15.5 Å². The van der Waals surface area contributed by atoms with Crippen LogP contribution in [0.25, 0.3) is 0 Å². The number of carbonyl (C=O) groups excluding carboxylic acids is 3. The van der Waals surface area contributed by atoms with Crippen LogP contribution in [0.4, 0.5) is 11.4 Å². The normalized spacial score (nSPS) is 13.6. The number of carbonyl (C=O) groups is 3. The second kappa shape index (κ2) is 7.82. The van der Waals surface area contributed by atoms with Crippen molar-refractivity contribution < 1.29 is 14.4 Å². The number of anilines is 2. The van der Waals surface area contributed by atoms with Gasteiger partial charge in [0.2, 0.25) is 11.8 Å². The molecule has 2 aromatic rings. The molecule has 1 fully saturated rings. The summed E-state index contributed by atoms with van der Waals surface area (Å²) in [5, 5.41) is 5.37. The lowest BCUT2D eigenvalue weighted by atomic mass is 10.1. The highest BCUT2D eigenvalue weighted by molar-refractivity contribution is 6.00. The standard InChI is InChI=1S/C20H21N3O3/c1-14-6-2-3-9-17(14)20(26)21-13-18(24)22-15-7-4-8-16(12-15)23-11-5-10-19(23)25/h2-4,6-9,12H,5,10-11,13H2,1H3,(H,21,26)(H,22,24). The molecule has 0 atom stereocenters. The fraction of sp³-hybridized carbons (Fsp3) is 0.250. The van der Waals surface area contributed by atoms with Gasteiger partial charge in [0.1, 0.15) is 0 Å². The van der Waals surface area contributed by atoms with E-state index in [1.807, 2.05) is 25.1 Å². The molecule has 3 rings (SSSR count). The molecular formula is C20H21N3O3. The van der Waals surface area contributed by atoms with Crippen molar-refractivity contribution in [1.29, 1.82) is 0 Å². The van der Waals surface area contributed by atoms with Crippen molar-refractivity contribution in [2.75, 3.05) is 23.3 Å². The summed E-state index contributed by atoms with van der Waals surface area (Å²) in [6.07, 6.45) is 1.40. The molecule has 0 saturated carbocycles. The number of aryl methyl sites for hydroxylation is 1. The van der Waals surface area contributed by atoms with Crippen molar-refractivity contribution in [1.82, 2.24) is 5.32 Å². The summed E-state index contributed by atoms with van der Waals surface area (Å²) in [4.78, 5) is 37.8.